The Labute approximate surface area is 164 Å². The van der Waals surface area contributed by atoms with E-state index in [9.17, 15) is 9.36 Å². The van der Waals surface area contributed by atoms with Gasteiger partial charge in [-0.3, -0.25) is 9.36 Å². The van der Waals surface area contributed by atoms with Crippen LogP contribution in [0.25, 0.3) is 0 Å². The van der Waals surface area contributed by atoms with E-state index in [2.05, 4.69) is 31.8 Å². The lowest BCUT2D eigenvalue weighted by Crippen LogP contribution is -2.44. The number of unbranched alkanes of at least 4 members (excludes halogenated alkanes) is 11. The lowest BCUT2D eigenvalue weighted by Gasteiger charge is -2.25. The van der Waals surface area contributed by atoms with Crippen molar-refractivity contribution in [1.29, 1.82) is 0 Å². The topological polar surface area (TPSA) is 37.1 Å². The van der Waals surface area contributed by atoms with Gasteiger partial charge in [-0.2, -0.15) is 0 Å². The fourth-order valence-corrected chi connectivity index (χ4v) is 8.06. The molecule has 0 aromatic heterocycles. The second-order valence-corrected chi connectivity index (χ2v) is 16.6. The van der Waals surface area contributed by atoms with Crippen LogP contribution in [0.15, 0.2) is 0 Å². The van der Waals surface area contributed by atoms with Crippen molar-refractivity contribution in [1.82, 2.24) is 4.90 Å². The Balaban J connectivity index is 2.42. The Morgan fingerprint density at radius 3 is 1.77 bits per heavy atom. The molecule has 1 rings (SSSR count). The van der Waals surface area contributed by atoms with Gasteiger partial charge in [-0.25, -0.2) is 0 Å². The predicted octanol–water partition coefficient (Wildman–Crippen LogP) is 7.10. The standard InChI is InChI=1S/C21H42NO2PSi/c1-5-7-9-11-13-14-16-18-21(26(3,4)25-24)20(23)22(21)19-17-15-12-10-8-6-2/h5-19H2,1-4H3. The lowest BCUT2D eigenvalue weighted by atomic mass is 10.1. The maximum absolute atomic E-state index is 12.7. The van der Waals surface area contributed by atoms with Gasteiger partial charge in [0.2, 0.25) is 5.91 Å². The summed E-state index contributed by atoms with van der Waals surface area (Å²) in [5.74, 6) is 0.303. The van der Waals surface area contributed by atoms with Crippen molar-refractivity contribution in [2.45, 2.75) is 122 Å². The van der Waals surface area contributed by atoms with Gasteiger partial charge in [-0.05, 0) is 12.8 Å². The predicted molar refractivity (Wildman–Crippen MR) is 116 cm³/mol. The fourth-order valence-electron chi connectivity index (χ4n) is 4.20. The Bertz CT molecular complexity index is 430. The summed E-state index contributed by atoms with van der Waals surface area (Å²) in [6.45, 7) is 9.62. The number of hydrogen-bond acceptors (Lipinski definition) is 2. The molecule has 0 aliphatic carbocycles. The minimum absolute atomic E-state index is 0.235. The summed E-state index contributed by atoms with van der Waals surface area (Å²) in [6.07, 6.45) is 17.3. The van der Waals surface area contributed by atoms with Crippen LogP contribution in [0.2, 0.25) is 13.1 Å². The van der Waals surface area contributed by atoms with Crippen molar-refractivity contribution < 1.29 is 9.36 Å². The van der Waals surface area contributed by atoms with Crippen molar-refractivity contribution in [2.75, 3.05) is 6.54 Å². The number of hydrogen-bond donors (Lipinski definition) is 0. The third-order valence-electron chi connectivity index (χ3n) is 6.13. The van der Waals surface area contributed by atoms with E-state index in [-0.39, 0.29) is 13.2 Å². The average molecular weight is 400 g/mol. The van der Waals surface area contributed by atoms with Crippen LogP contribution in [0.5, 0.6) is 0 Å². The van der Waals surface area contributed by atoms with Crippen LogP contribution in [0.4, 0.5) is 0 Å². The van der Waals surface area contributed by atoms with E-state index in [1.807, 2.05) is 0 Å². The first kappa shape index (κ1) is 23.8. The Kier molecular flexibility index (Phi) is 11.3. The molecule has 0 aromatic carbocycles. The minimum Gasteiger partial charge on any atom is -0.328 e. The summed E-state index contributed by atoms with van der Waals surface area (Å²) in [7, 11) is -1.85. The summed E-state index contributed by atoms with van der Waals surface area (Å²) in [4.78, 5) is 14.8. The normalized spacial score (nSPS) is 20.2. The van der Waals surface area contributed by atoms with Crippen LogP contribution in [0.1, 0.15) is 104 Å². The maximum atomic E-state index is 12.7. The monoisotopic (exact) mass is 399 g/mol. The molecule has 1 unspecified atom stereocenters. The first-order valence-electron chi connectivity index (χ1n) is 11.1. The van der Waals surface area contributed by atoms with Gasteiger partial charge < -0.3 is 4.90 Å². The number of carbonyl (C=O) groups excluding carboxylic acids is 1. The molecular weight excluding hydrogens is 357 g/mol. The number of nitrogens with zero attached hydrogens (tertiary/aromatic N) is 1. The molecule has 0 radical (unpaired) electrons. The van der Waals surface area contributed by atoms with Crippen LogP contribution in [-0.4, -0.2) is 30.3 Å². The highest BCUT2D eigenvalue weighted by Gasteiger charge is 2.70. The molecule has 5 heteroatoms. The second kappa shape index (κ2) is 12.3. The zero-order valence-electron chi connectivity index (χ0n) is 17.8. The van der Waals surface area contributed by atoms with E-state index in [0.717, 1.165) is 25.8 Å². The van der Waals surface area contributed by atoms with Gasteiger partial charge in [0.15, 0.2) is 7.74 Å². The molecule has 152 valence electrons. The van der Waals surface area contributed by atoms with Crippen LogP contribution in [-0.2, 0) is 9.36 Å². The molecule has 1 atom stereocenters. The number of rotatable bonds is 17. The average Bonchev–Trinajstić information content (AvgIpc) is 3.21. The van der Waals surface area contributed by atoms with Crippen molar-refractivity contribution in [3.05, 3.63) is 0 Å². The van der Waals surface area contributed by atoms with Gasteiger partial charge in [-0.1, -0.05) is 104 Å². The number of carbonyl (C=O) groups is 1. The molecule has 1 fully saturated rings. The highest BCUT2D eigenvalue weighted by Crippen LogP contribution is 2.50. The summed E-state index contributed by atoms with van der Waals surface area (Å²) >= 11 is 0. The molecule has 0 saturated carbocycles. The highest BCUT2D eigenvalue weighted by atomic mass is 31.3. The summed E-state index contributed by atoms with van der Waals surface area (Å²) in [5.41, 5.74) is 0. The molecular formula is C21H42NO2PSi. The van der Waals surface area contributed by atoms with E-state index >= 15 is 0 Å². The Morgan fingerprint density at radius 2 is 1.27 bits per heavy atom. The van der Waals surface area contributed by atoms with Crippen molar-refractivity contribution in [2.24, 2.45) is 0 Å². The first-order chi connectivity index (χ1) is 12.5. The third kappa shape index (κ3) is 6.44. The molecule has 1 aliphatic heterocycles. The van der Waals surface area contributed by atoms with Crippen LogP contribution < -0.4 is 0 Å². The fraction of sp³-hybridized carbons (Fsp3) is 0.952. The summed E-state index contributed by atoms with van der Waals surface area (Å²) in [5, 5.41) is -0.330. The zero-order chi connectivity index (χ0) is 19.5. The van der Waals surface area contributed by atoms with E-state index in [1.54, 1.807) is 0 Å². The highest BCUT2D eigenvalue weighted by molar-refractivity contribution is 7.74. The van der Waals surface area contributed by atoms with E-state index in [1.165, 1.54) is 70.6 Å². The van der Waals surface area contributed by atoms with Gasteiger partial charge in [-0.15, -0.1) is 0 Å². The van der Waals surface area contributed by atoms with Gasteiger partial charge in [0.1, 0.15) is 13.2 Å². The van der Waals surface area contributed by atoms with Crippen LogP contribution >= 0.6 is 8.01 Å². The van der Waals surface area contributed by atoms with Gasteiger partial charge in [0, 0.05) is 6.54 Å². The first-order valence-corrected chi connectivity index (χ1v) is 15.8. The van der Waals surface area contributed by atoms with Crippen LogP contribution in [0, 0.1) is 0 Å². The van der Waals surface area contributed by atoms with E-state index < -0.39 is 7.74 Å². The molecule has 1 aliphatic rings. The minimum atomic E-state index is -2.09. The third-order valence-corrected chi connectivity index (χ3v) is 11.8. The molecule has 26 heavy (non-hydrogen) atoms. The molecule has 0 bridgehead atoms. The Morgan fingerprint density at radius 1 is 0.808 bits per heavy atom. The molecule has 1 amide bonds. The summed E-state index contributed by atoms with van der Waals surface area (Å²) < 4.78 is 11.8. The molecule has 0 spiro atoms. The Hall–Kier alpha value is -0.213. The maximum Gasteiger partial charge on any atom is 0.246 e. The van der Waals surface area contributed by atoms with Crippen LogP contribution in [0.3, 0.4) is 0 Å². The van der Waals surface area contributed by atoms with E-state index in [0.29, 0.717) is 5.91 Å². The molecule has 1 saturated heterocycles. The van der Waals surface area contributed by atoms with Crippen molar-refractivity contribution in [3.8, 4) is 0 Å². The summed E-state index contributed by atoms with van der Waals surface area (Å²) in [6, 6.07) is 0. The molecule has 0 aromatic rings. The number of amides is 1. The molecule has 3 nitrogen and oxygen atoms in total. The molecule has 1 heterocycles. The largest absolute Gasteiger partial charge is 0.328 e. The SMILES string of the molecule is CCCCCCCCCC1([Si](C)(C)P=O)C(=O)N1CCCCCCCC. The smallest absolute Gasteiger partial charge is 0.246 e. The van der Waals surface area contributed by atoms with Crippen molar-refractivity contribution in [3.63, 3.8) is 0 Å². The van der Waals surface area contributed by atoms with E-state index in [4.69, 9.17) is 0 Å². The lowest BCUT2D eigenvalue weighted by molar-refractivity contribution is -0.114. The van der Waals surface area contributed by atoms with Gasteiger partial charge >= 0.3 is 0 Å². The second-order valence-electron chi connectivity index (χ2n) is 8.61. The quantitative estimate of drug-likeness (QED) is 0.113. The van der Waals surface area contributed by atoms with Gasteiger partial charge in [0.25, 0.3) is 0 Å². The zero-order valence-corrected chi connectivity index (χ0v) is 19.7. The van der Waals surface area contributed by atoms with Gasteiger partial charge in [0.05, 0.1) is 0 Å². The molecule has 0 N–H and O–H groups in total. The van der Waals surface area contributed by atoms with Crippen molar-refractivity contribution >= 4 is 21.7 Å².